The lowest BCUT2D eigenvalue weighted by atomic mass is 9.92. The Balaban J connectivity index is 3.98. The van der Waals surface area contributed by atoms with Crippen LogP contribution >= 0.6 is 0 Å². The second-order valence-corrected chi connectivity index (χ2v) is 4.95. The fourth-order valence-electron chi connectivity index (χ4n) is 1.15. The molecule has 2 amide bonds. The van der Waals surface area contributed by atoms with E-state index in [0.717, 1.165) is 6.42 Å². The van der Waals surface area contributed by atoms with E-state index in [4.69, 9.17) is 5.11 Å². The lowest BCUT2D eigenvalue weighted by molar-refractivity contribution is -0.137. The smallest absolute Gasteiger partial charge is 0.323 e. The number of nitrogens with one attached hydrogen (secondary N) is 1. The standard InChI is InChI=1S/C11H22N2O3/c1-5-13(8-9(14)15)10(16)12-7-6-11(2,3)4/h5-8H2,1-4H3,(H,12,16)(H,14,15). The van der Waals surface area contributed by atoms with E-state index < -0.39 is 5.97 Å². The van der Waals surface area contributed by atoms with Gasteiger partial charge in [0.2, 0.25) is 0 Å². The highest BCUT2D eigenvalue weighted by atomic mass is 16.4. The third-order valence-electron chi connectivity index (χ3n) is 2.15. The zero-order valence-electron chi connectivity index (χ0n) is 10.5. The van der Waals surface area contributed by atoms with Gasteiger partial charge in [0.15, 0.2) is 0 Å². The van der Waals surface area contributed by atoms with Gasteiger partial charge < -0.3 is 15.3 Å². The first kappa shape index (κ1) is 14.7. The van der Waals surface area contributed by atoms with E-state index in [2.05, 4.69) is 26.1 Å². The van der Waals surface area contributed by atoms with Gasteiger partial charge in [-0.05, 0) is 18.8 Å². The molecule has 0 aliphatic heterocycles. The largest absolute Gasteiger partial charge is 0.480 e. The molecular weight excluding hydrogens is 208 g/mol. The number of nitrogens with zero attached hydrogens (tertiary/aromatic N) is 1. The number of hydrogen-bond donors (Lipinski definition) is 2. The summed E-state index contributed by atoms with van der Waals surface area (Å²) in [7, 11) is 0. The number of carboxylic acids is 1. The summed E-state index contributed by atoms with van der Waals surface area (Å²) < 4.78 is 0. The molecule has 0 atom stereocenters. The maximum absolute atomic E-state index is 11.5. The quantitative estimate of drug-likeness (QED) is 0.752. The minimum Gasteiger partial charge on any atom is -0.480 e. The molecule has 0 heterocycles. The highest BCUT2D eigenvalue weighted by Gasteiger charge is 2.15. The van der Waals surface area contributed by atoms with E-state index >= 15 is 0 Å². The van der Waals surface area contributed by atoms with Crippen molar-refractivity contribution in [2.75, 3.05) is 19.6 Å². The summed E-state index contributed by atoms with van der Waals surface area (Å²) in [5, 5.41) is 11.3. The van der Waals surface area contributed by atoms with Crippen LogP contribution in [0.5, 0.6) is 0 Å². The molecule has 5 heteroatoms. The second kappa shape index (κ2) is 6.35. The number of amides is 2. The Labute approximate surface area is 96.8 Å². The van der Waals surface area contributed by atoms with E-state index in [-0.39, 0.29) is 18.0 Å². The monoisotopic (exact) mass is 230 g/mol. The number of hydrogen-bond acceptors (Lipinski definition) is 2. The van der Waals surface area contributed by atoms with Gasteiger partial charge in [0, 0.05) is 13.1 Å². The number of rotatable bonds is 5. The van der Waals surface area contributed by atoms with Gasteiger partial charge in [-0.15, -0.1) is 0 Å². The minimum atomic E-state index is -0.993. The number of aliphatic carboxylic acids is 1. The first-order valence-corrected chi connectivity index (χ1v) is 5.51. The average Bonchev–Trinajstić information content (AvgIpc) is 2.11. The molecule has 0 radical (unpaired) electrons. The molecule has 0 unspecified atom stereocenters. The van der Waals surface area contributed by atoms with E-state index in [1.54, 1.807) is 6.92 Å². The Hall–Kier alpha value is -1.26. The molecule has 0 fully saturated rings. The van der Waals surface area contributed by atoms with Crippen LogP contribution in [0.1, 0.15) is 34.1 Å². The first-order chi connectivity index (χ1) is 7.26. The second-order valence-electron chi connectivity index (χ2n) is 4.95. The third-order valence-corrected chi connectivity index (χ3v) is 2.15. The Morgan fingerprint density at radius 3 is 2.25 bits per heavy atom. The molecule has 0 spiro atoms. The van der Waals surface area contributed by atoms with Gasteiger partial charge in [-0.1, -0.05) is 20.8 Å². The van der Waals surface area contributed by atoms with Gasteiger partial charge in [0.1, 0.15) is 6.54 Å². The van der Waals surface area contributed by atoms with Crippen molar-refractivity contribution in [3.05, 3.63) is 0 Å². The van der Waals surface area contributed by atoms with E-state index in [1.807, 2.05) is 0 Å². The molecule has 0 saturated heterocycles. The molecule has 0 aromatic rings. The summed E-state index contributed by atoms with van der Waals surface area (Å²) in [4.78, 5) is 23.3. The molecular formula is C11H22N2O3. The van der Waals surface area contributed by atoms with Gasteiger partial charge in [-0.3, -0.25) is 4.79 Å². The van der Waals surface area contributed by atoms with Crippen molar-refractivity contribution in [3.8, 4) is 0 Å². The molecule has 5 nitrogen and oxygen atoms in total. The van der Waals surface area contributed by atoms with E-state index in [1.165, 1.54) is 4.90 Å². The minimum absolute atomic E-state index is 0.164. The van der Waals surface area contributed by atoms with Crippen LogP contribution in [-0.2, 0) is 4.79 Å². The van der Waals surface area contributed by atoms with Crippen LogP contribution in [0, 0.1) is 5.41 Å². The van der Waals surface area contributed by atoms with Crippen molar-refractivity contribution in [1.82, 2.24) is 10.2 Å². The summed E-state index contributed by atoms with van der Waals surface area (Å²) in [6.45, 7) is 8.74. The van der Waals surface area contributed by atoms with Gasteiger partial charge >= 0.3 is 12.0 Å². The van der Waals surface area contributed by atoms with E-state index in [0.29, 0.717) is 13.1 Å². The summed E-state index contributed by atoms with van der Waals surface area (Å²) >= 11 is 0. The highest BCUT2D eigenvalue weighted by molar-refractivity contribution is 5.79. The van der Waals surface area contributed by atoms with Crippen LogP contribution in [0.15, 0.2) is 0 Å². The van der Waals surface area contributed by atoms with Crippen LogP contribution in [-0.4, -0.2) is 41.6 Å². The SMILES string of the molecule is CCN(CC(=O)O)C(=O)NCCC(C)(C)C. The molecule has 0 rings (SSSR count). The van der Waals surface area contributed by atoms with Crippen molar-refractivity contribution in [2.24, 2.45) is 5.41 Å². The molecule has 0 saturated carbocycles. The summed E-state index contributed by atoms with van der Waals surface area (Å²) in [5.41, 5.74) is 0.164. The zero-order valence-corrected chi connectivity index (χ0v) is 10.5. The summed E-state index contributed by atoms with van der Waals surface area (Å²) in [6.07, 6.45) is 0.864. The molecule has 2 N–H and O–H groups in total. The fourth-order valence-corrected chi connectivity index (χ4v) is 1.15. The van der Waals surface area contributed by atoms with Crippen LogP contribution in [0.25, 0.3) is 0 Å². The third kappa shape index (κ3) is 7.09. The van der Waals surface area contributed by atoms with Crippen molar-refractivity contribution >= 4 is 12.0 Å². The maximum atomic E-state index is 11.5. The first-order valence-electron chi connectivity index (χ1n) is 5.51. The summed E-state index contributed by atoms with van der Waals surface area (Å²) in [5.74, 6) is -0.993. The van der Waals surface area contributed by atoms with Gasteiger partial charge in [-0.2, -0.15) is 0 Å². The van der Waals surface area contributed by atoms with Crippen LogP contribution in [0.3, 0.4) is 0 Å². The number of carbonyl (C=O) groups excluding carboxylic acids is 1. The Bertz CT molecular complexity index is 246. The van der Waals surface area contributed by atoms with Gasteiger partial charge in [-0.25, -0.2) is 4.79 Å². The molecule has 0 aromatic heterocycles. The van der Waals surface area contributed by atoms with Crippen LogP contribution in [0.2, 0.25) is 0 Å². The molecule has 0 aliphatic rings. The summed E-state index contributed by atoms with van der Waals surface area (Å²) in [6, 6.07) is -0.311. The topological polar surface area (TPSA) is 69.6 Å². The van der Waals surface area contributed by atoms with Crippen molar-refractivity contribution in [2.45, 2.75) is 34.1 Å². The van der Waals surface area contributed by atoms with Gasteiger partial charge in [0.25, 0.3) is 0 Å². The maximum Gasteiger partial charge on any atom is 0.323 e. The van der Waals surface area contributed by atoms with E-state index in [9.17, 15) is 9.59 Å². The Morgan fingerprint density at radius 2 is 1.88 bits per heavy atom. The average molecular weight is 230 g/mol. The lowest BCUT2D eigenvalue weighted by Gasteiger charge is -2.22. The predicted octanol–water partition coefficient (Wildman–Crippen LogP) is 1.54. The molecule has 0 bridgehead atoms. The van der Waals surface area contributed by atoms with Crippen LogP contribution < -0.4 is 5.32 Å². The number of likely N-dealkylation sites (N-methyl/N-ethyl adjacent to an activating group) is 1. The molecule has 16 heavy (non-hydrogen) atoms. The number of carboxylic acid groups (broad SMARTS) is 1. The normalized spacial score (nSPS) is 11.0. The molecule has 0 aromatic carbocycles. The lowest BCUT2D eigenvalue weighted by Crippen LogP contribution is -2.43. The van der Waals surface area contributed by atoms with Crippen LogP contribution in [0.4, 0.5) is 4.79 Å². The van der Waals surface area contributed by atoms with Crippen molar-refractivity contribution in [1.29, 1.82) is 0 Å². The number of urea groups is 1. The predicted molar refractivity (Wildman–Crippen MR) is 62.4 cm³/mol. The molecule has 94 valence electrons. The van der Waals surface area contributed by atoms with Crippen molar-refractivity contribution < 1.29 is 14.7 Å². The Morgan fingerprint density at radius 1 is 1.31 bits per heavy atom. The zero-order chi connectivity index (χ0) is 12.8. The van der Waals surface area contributed by atoms with Gasteiger partial charge in [0.05, 0.1) is 0 Å². The fraction of sp³-hybridized carbons (Fsp3) is 0.818. The molecule has 0 aliphatic carbocycles. The van der Waals surface area contributed by atoms with Crippen molar-refractivity contribution in [3.63, 3.8) is 0 Å². The highest BCUT2D eigenvalue weighted by Crippen LogP contribution is 2.16. The number of carbonyl (C=O) groups is 2. The Kier molecular flexibility index (Phi) is 5.85.